The van der Waals surface area contributed by atoms with Crippen LogP contribution in [-0.2, 0) is 20.7 Å². The van der Waals surface area contributed by atoms with E-state index >= 15 is 0 Å². The molecule has 6 nitrogen and oxygen atoms in total. The summed E-state index contributed by atoms with van der Waals surface area (Å²) in [5.74, 6) is 0.190. The van der Waals surface area contributed by atoms with Gasteiger partial charge in [-0.3, -0.25) is 4.79 Å². The number of hydrogen-bond acceptors (Lipinski definition) is 5. The topological polar surface area (TPSA) is 90.6 Å². The highest BCUT2D eigenvalue weighted by Gasteiger charge is 2.03. The summed E-state index contributed by atoms with van der Waals surface area (Å²) in [5, 5.41) is 2.79. The van der Waals surface area contributed by atoms with Crippen molar-refractivity contribution in [3.05, 3.63) is 29.8 Å². The molecule has 0 aliphatic rings. The molecule has 6 heteroatoms. The fourth-order valence-electron chi connectivity index (χ4n) is 1.66. The van der Waals surface area contributed by atoms with E-state index in [1.807, 2.05) is 12.1 Å². The highest BCUT2D eigenvalue weighted by atomic mass is 16.6. The van der Waals surface area contributed by atoms with E-state index < -0.39 is 0 Å². The van der Waals surface area contributed by atoms with Crippen LogP contribution in [0.5, 0.6) is 5.75 Å². The van der Waals surface area contributed by atoms with Gasteiger partial charge in [-0.25, -0.2) is 4.79 Å². The molecule has 0 spiro atoms. The summed E-state index contributed by atoms with van der Waals surface area (Å²) in [7, 11) is 0. The molecule has 0 aliphatic carbocycles. The quantitative estimate of drug-likeness (QED) is 0.652. The molecule has 0 saturated heterocycles. The fraction of sp³-hybridized carbons (Fsp3) is 0.467. The molecule has 1 aromatic rings. The molecule has 1 rings (SSSR count). The summed E-state index contributed by atoms with van der Waals surface area (Å²) < 4.78 is 10.1. The zero-order chi connectivity index (χ0) is 15.5. The zero-order valence-electron chi connectivity index (χ0n) is 12.3. The van der Waals surface area contributed by atoms with Crippen LogP contribution in [0.25, 0.3) is 0 Å². The second kappa shape index (κ2) is 9.77. The van der Waals surface area contributed by atoms with E-state index in [0.29, 0.717) is 31.9 Å². The largest absolute Gasteiger partial charge is 0.482 e. The van der Waals surface area contributed by atoms with E-state index in [1.165, 1.54) is 0 Å². The third-order valence-corrected chi connectivity index (χ3v) is 2.69. The number of rotatable bonds is 9. The Morgan fingerprint density at radius 2 is 1.95 bits per heavy atom. The number of carbonyl (C=O) groups is 2. The first-order valence-electron chi connectivity index (χ1n) is 6.99. The normalized spacial score (nSPS) is 10.0. The molecule has 0 fully saturated rings. The van der Waals surface area contributed by atoms with E-state index in [1.54, 1.807) is 19.1 Å². The van der Waals surface area contributed by atoms with E-state index in [-0.39, 0.29) is 18.5 Å². The van der Waals surface area contributed by atoms with Crippen LogP contribution in [0.1, 0.15) is 18.9 Å². The van der Waals surface area contributed by atoms with E-state index in [0.717, 1.165) is 12.0 Å². The first-order valence-corrected chi connectivity index (χ1v) is 6.99. The van der Waals surface area contributed by atoms with Crippen molar-refractivity contribution in [2.24, 2.45) is 5.73 Å². The minimum Gasteiger partial charge on any atom is -0.482 e. The van der Waals surface area contributed by atoms with Crippen LogP contribution in [0, 0.1) is 0 Å². The summed E-state index contributed by atoms with van der Waals surface area (Å²) >= 11 is 0. The maximum absolute atomic E-state index is 11.2. The Hall–Kier alpha value is -2.08. The van der Waals surface area contributed by atoms with Crippen LogP contribution >= 0.6 is 0 Å². The van der Waals surface area contributed by atoms with Crippen molar-refractivity contribution in [2.45, 2.75) is 19.8 Å². The lowest BCUT2D eigenvalue weighted by Gasteiger charge is -2.07. The maximum Gasteiger partial charge on any atom is 0.344 e. The first-order chi connectivity index (χ1) is 10.2. The Bertz CT molecular complexity index is 445. The number of nitrogens with one attached hydrogen (secondary N) is 1. The van der Waals surface area contributed by atoms with E-state index in [2.05, 4.69) is 5.32 Å². The molecule has 1 aromatic carbocycles. The van der Waals surface area contributed by atoms with E-state index in [4.69, 9.17) is 15.2 Å². The SMILES string of the molecule is CCOC(=O)COc1ccc(CCNC(=O)CCN)cc1. The van der Waals surface area contributed by atoms with Crippen molar-refractivity contribution < 1.29 is 19.1 Å². The number of amides is 1. The molecule has 0 saturated carbocycles. The molecule has 0 aromatic heterocycles. The van der Waals surface area contributed by atoms with Gasteiger partial charge in [0.2, 0.25) is 5.91 Å². The summed E-state index contributed by atoms with van der Waals surface area (Å²) in [6.07, 6.45) is 1.08. The van der Waals surface area contributed by atoms with Crippen molar-refractivity contribution >= 4 is 11.9 Å². The number of carbonyl (C=O) groups excluding carboxylic acids is 2. The van der Waals surface area contributed by atoms with Gasteiger partial charge in [0.1, 0.15) is 5.75 Å². The lowest BCUT2D eigenvalue weighted by molar-refractivity contribution is -0.145. The summed E-state index contributed by atoms with van der Waals surface area (Å²) in [4.78, 5) is 22.4. The summed E-state index contributed by atoms with van der Waals surface area (Å²) in [5.41, 5.74) is 6.37. The van der Waals surface area contributed by atoms with Crippen molar-refractivity contribution in [1.29, 1.82) is 0 Å². The van der Waals surface area contributed by atoms with E-state index in [9.17, 15) is 9.59 Å². The lowest BCUT2D eigenvalue weighted by Crippen LogP contribution is -2.27. The number of hydrogen-bond donors (Lipinski definition) is 2. The second-order valence-electron chi connectivity index (χ2n) is 4.38. The van der Waals surface area contributed by atoms with Gasteiger partial charge in [0.25, 0.3) is 0 Å². The number of esters is 1. The van der Waals surface area contributed by atoms with Gasteiger partial charge in [0.05, 0.1) is 6.61 Å². The van der Waals surface area contributed by atoms with Gasteiger partial charge >= 0.3 is 5.97 Å². The summed E-state index contributed by atoms with van der Waals surface area (Å²) in [6.45, 7) is 2.93. The monoisotopic (exact) mass is 294 g/mol. The van der Waals surface area contributed by atoms with Crippen LogP contribution in [0.4, 0.5) is 0 Å². The van der Waals surface area contributed by atoms with Gasteiger partial charge < -0.3 is 20.5 Å². The molecule has 116 valence electrons. The number of ether oxygens (including phenoxy) is 2. The molecule has 0 heterocycles. The van der Waals surface area contributed by atoms with Gasteiger partial charge in [-0.15, -0.1) is 0 Å². The molecule has 0 atom stereocenters. The minimum absolute atomic E-state index is 0.0353. The average Bonchev–Trinajstić information content (AvgIpc) is 2.47. The third-order valence-electron chi connectivity index (χ3n) is 2.69. The average molecular weight is 294 g/mol. The van der Waals surface area contributed by atoms with Gasteiger partial charge in [-0.1, -0.05) is 12.1 Å². The molecular formula is C15H22N2O4. The van der Waals surface area contributed by atoms with Crippen molar-refractivity contribution in [2.75, 3.05) is 26.3 Å². The molecule has 0 bridgehead atoms. The Balaban J connectivity index is 2.30. The molecule has 3 N–H and O–H groups in total. The zero-order valence-corrected chi connectivity index (χ0v) is 12.3. The predicted molar refractivity (Wildman–Crippen MR) is 79.0 cm³/mol. The Morgan fingerprint density at radius 3 is 2.57 bits per heavy atom. The highest BCUT2D eigenvalue weighted by molar-refractivity contribution is 5.76. The van der Waals surface area contributed by atoms with Crippen LogP contribution in [0.15, 0.2) is 24.3 Å². The molecule has 0 unspecified atom stereocenters. The Labute approximate surface area is 124 Å². The van der Waals surface area contributed by atoms with Crippen molar-refractivity contribution in [1.82, 2.24) is 5.32 Å². The third kappa shape index (κ3) is 7.31. The molecule has 21 heavy (non-hydrogen) atoms. The first kappa shape index (κ1) is 17.0. The van der Waals surface area contributed by atoms with Crippen molar-refractivity contribution in [3.8, 4) is 5.75 Å². The van der Waals surface area contributed by atoms with Gasteiger partial charge in [-0.2, -0.15) is 0 Å². The second-order valence-corrected chi connectivity index (χ2v) is 4.38. The molecule has 0 aliphatic heterocycles. The minimum atomic E-state index is -0.385. The fourth-order valence-corrected chi connectivity index (χ4v) is 1.66. The highest BCUT2D eigenvalue weighted by Crippen LogP contribution is 2.12. The standard InChI is InChI=1S/C15H22N2O4/c1-2-20-15(19)11-21-13-5-3-12(4-6-13)8-10-17-14(18)7-9-16/h3-6H,2,7-11,16H2,1H3,(H,17,18). The van der Waals surface area contributed by atoms with Gasteiger partial charge in [0.15, 0.2) is 6.61 Å². The number of nitrogens with two attached hydrogens (primary N) is 1. The molecular weight excluding hydrogens is 272 g/mol. The van der Waals surface area contributed by atoms with Crippen LogP contribution in [0.2, 0.25) is 0 Å². The van der Waals surface area contributed by atoms with Crippen LogP contribution in [-0.4, -0.2) is 38.2 Å². The van der Waals surface area contributed by atoms with Gasteiger partial charge in [0, 0.05) is 19.5 Å². The molecule has 1 amide bonds. The van der Waals surface area contributed by atoms with Crippen LogP contribution < -0.4 is 15.8 Å². The Kier molecular flexibility index (Phi) is 7.89. The smallest absolute Gasteiger partial charge is 0.344 e. The van der Waals surface area contributed by atoms with Crippen molar-refractivity contribution in [3.63, 3.8) is 0 Å². The lowest BCUT2D eigenvalue weighted by atomic mass is 10.1. The van der Waals surface area contributed by atoms with Crippen LogP contribution in [0.3, 0.4) is 0 Å². The molecule has 0 radical (unpaired) electrons. The van der Waals surface area contributed by atoms with Gasteiger partial charge in [-0.05, 0) is 31.0 Å². The maximum atomic E-state index is 11.2. The predicted octanol–water partition coefficient (Wildman–Crippen LogP) is 0.636. The summed E-state index contributed by atoms with van der Waals surface area (Å²) in [6, 6.07) is 7.37. The number of benzene rings is 1. The Morgan fingerprint density at radius 1 is 1.24 bits per heavy atom.